The molecule has 0 spiro atoms. The third kappa shape index (κ3) is 11.8. The zero-order valence-corrected chi connectivity index (χ0v) is 63.6. The molecule has 0 amide bonds. The summed E-state index contributed by atoms with van der Waals surface area (Å²) in [5.74, 6) is 0. The zero-order chi connectivity index (χ0) is 76.1. The Morgan fingerprint density at radius 2 is 0.395 bits per heavy atom. The first-order valence-electron chi connectivity index (χ1n) is 39.6. The van der Waals surface area contributed by atoms with Gasteiger partial charge < -0.3 is 9.80 Å². The molecule has 0 aromatic heterocycles. The van der Waals surface area contributed by atoms with E-state index in [2.05, 4.69) is 473 Å². The Kier molecular flexibility index (Phi) is 17.6. The number of fused-ring (bicyclic) bond motifs is 6. The number of benzene rings is 18. The van der Waals surface area contributed by atoms with Gasteiger partial charge in [-0.2, -0.15) is 0 Å². The molecule has 0 saturated heterocycles. The third-order valence-electron chi connectivity index (χ3n) is 23.9. The number of aryl methyl sites for hydroxylation is 2. The number of hydrogen-bond acceptors (Lipinski definition) is 2. The van der Waals surface area contributed by atoms with Crippen LogP contribution in [0.4, 0.5) is 34.1 Å². The lowest BCUT2D eigenvalue weighted by Gasteiger charge is -2.34. The summed E-state index contributed by atoms with van der Waals surface area (Å²) < 4.78 is 0. The molecule has 2 heteroatoms. The van der Waals surface area contributed by atoms with Crippen molar-refractivity contribution in [3.8, 4) is 100 Å². The van der Waals surface area contributed by atoms with Gasteiger partial charge in [0.25, 0.3) is 0 Å². The fourth-order valence-corrected chi connectivity index (χ4v) is 18.6. The van der Waals surface area contributed by atoms with Crippen LogP contribution in [0, 0.1) is 13.8 Å². The highest BCUT2D eigenvalue weighted by atomic mass is 15.2. The third-order valence-corrected chi connectivity index (χ3v) is 23.9. The van der Waals surface area contributed by atoms with Gasteiger partial charge in [0.05, 0.1) is 22.2 Å². The fraction of sp³-hybridized carbons (Fsp3) is 0.0357. The quantitative estimate of drug-likeness (QED) is 0.0896. The van der Waals surface area contributed by atoms with Crippen LogP contribution < -0.4 is 9.80 Å². The Morgan fingerprint density at radius 1 is 0.158 bits per heavy atom. The van der Waals surface area contributed by atoms with Crippen molar-refractivity contribution in [3.63, 3.8) is 0 Å². The summed E-state index contributed by atoms with van der Waals surface area (Å²) >= 11 is 0. The van der Waals surface area contributed by atoms with Crippen LogP contribution in [0.2, 0.25) is 0 Å². The van der Waals surface area contributed by atoms with Gasteiger partial charge in [-0.15, -0.1) is 0 Å². The Bertz CT molecular complexity index is 6070. The van der Waals surface area contributed by atoms with Crippen molar-refractivity contribution in [1.82, 2.24) is 0 Å². The molecular weight excluding hydrogens is 1370 g/mol. The number of hydrogen-bond donors (Lipinski definition) is 0. The molecule has 2 nitrogen and oxygen atoms in total. The number of rotatable bonds is 17. The van der Waals surface area contributed by atoms with Crippen LogP contribution in [0.3, 0.4) is 0 Å². The van der Waals surface area contributed by atoms with E-state index in [1.165, 1.54) is 100 Å². The summed E-state index contributed by atoms with van der Waals surface area (Å²) in [5.41, 5.74) is 39.3. The first-order valence-corrected chi connectivity index (χ1v) is 39.6. The van der Waals surface area contributed by atoms with Crippen molar-refractivity contribution >= 4 is 34.1 Å². The summed E-state index contributed by atoms with van der Waals surface area (Å²) in [6.45, 7) is 4.54. The van der Waals surface area contributed by atoms with Crippen LogP contribution in [0.25, 0.3) is 100 Å². The van der Waals surface area contributed by atoms with Gasteiger partial charge in [-0.3, -0.25) is 0 Å². The summed E-state index contributed by atoms with van der Waals surface area (Å²) in [4.78, 5) is 4.93. The zero-order valence-electron chi connectivity index (χ0n) is 63.6. The topological polar surface area (TPSA) is 6.48 Å². The highest BCUT2D eigenvalue weighted by Crippen LogP contribution is 2.59. The van der Waals surface area contributed by atoms with Gasteiger partial charge in [-0.25, -0.2) is 0 Å². The lowest BCUT2D eigenvalue weighted by molar-refractivity contribution is 0.769. The lowest BCUT2D eigenvalue weighted by Crippen LogP contribution is -2.28. The highest BCUT2D eigenvalue weighted by molar-refractivity contribution is 5.95. The maximum atomic E-state index is 2.47. The SMILES string of the molecule is Cc1cc(-c2ccc(N(c3ccc(-c4ccc5c(c4)C(c4ccccc4)(c4ccccc4)c4ccccc4-5)cc3)c3ccccc3-c3ccc(-c4ccccc4)cc3)c(C)c2)ccc1N(c1ccc(-c2ccc3c(c2)C(c2ccccc2)(c2ccccc2)c2ccccc2-3)cc1)c1ccccc1-c1ccc(-c2ccccc2)cc1. The van der Waals surface area contributed by atoms with Crippen molar-refractivity contribution in [2.24, 2.45) is 0 Å². The van der Waals surface area contributed by atoms with Gasteiger partial charge in [0.1, 0.15) is 0 Å². The predicted molar refractivity (Wildman–Crippen MR) is 478 cm³/mol. The van der Waals surface area contributed by atoms with E-state index in [0.717, 1.165) is 89.8 Å². The standard InChI is InChI=1S/C112H80N2/c1-77-73-87(63-71-107(77)113(109-47-27-23-41-97(109)85-53-49-81(50-54-85)79-29-9-3-10-30-79)95-65-57-83(58-66-95)89-61-69-101-99-43-21-25-45-103(99)111(105(101)75-89,91-33-13-5-14-34-91)92-35-15-6-16-36-92)88-64-72-108(78(2)74-88)114(110-48-28-24-42-98(110)86-55-51-82(52-56-86)80-31-11-4-12-32-80)96-67-59-84(60-68-96)90-62-70-102-100-44-22-26-46-104(100)112(106(102)76-90,93-37-17-7-18-38-93)94-39-19-8-20-40-94/h3-76H,1-2H3. The molecule has 2 aliphatic carbocycles. The van der Waals surface area contributed by atoms with E-state index < -0.39 is 10.8 Å². The molecule has 0 unspecified atom stereocenters. The molecule has 20 rings (SSSR count). The average molecular weight is 1450 g/mol. The van der Waals surface area contributed by atoms with Crippen LogP contribution in [-0.2, 0) is 10.8 Å². The van der Waals surface area contributed by atoms with Crippen LogP contribution in [0.1, 0.15) is 55.6 Å². The van der Waals surface area contributed by atoms with E-state index >= 15 is 0 Å². The number of nitrogens with zero attached hydrogens (tertiary/aromatic N) is 2. The molecule has 18 aromatic rings. The first kappa shape index (κ1) is 68.8. The van der Waals surface area contributed by atoms with Crippen LogP contribution >= 0.6 is 0 Å². The van der Waals surface area contributed by atoms with E-state index in [9.17, 15) is 0 Å². The second-order valence-corrected chi connectivity index (χ2v) is 30.3. The molecule has 0 heterocycles. The molecule has 0 atom stereocenters. The van der Waals surface area contributed by atoms with Gasteiger partial charge in [0.2, 0.25) is 0 Å². The molecule has 18 aromatic carbocycles. The number of anilines is 6. The summed E-state index contributed by atoms with van der Waals surface area (Å²) in [7, 11) is 0. The second-order valence-electron chi connectivity index (χ2n) is 30.3. The number of para-hydroxylation sites is 2. The van der Waals surface area contributed by atoms with Gasteiger partial charge >= 0.3 is 0 Å². The minimum absolute atomic E-state index is 0.506. The van der Waals surface area contributed by atoms with Gasteiger partial charge in [0.15, 0.2) is 0 Å². The first-order chi connectivity index (χ1) is 56.4. The highest BCUT2D eigenvalue weighted by Gasteiger charge is 2.48. The summed E-state index contributed by atoms with van der Waals surface area (Å²) in [5, 5.41) is 0. The second kappa shape index (κ2) is 29.1. The molecule has 538 valence electrons. The minimum atomic E-state index is -0.506. The molecule has 0 bridgehead atoms. The van der Waals surface area contributed by atoms with E-state index in [-0.39, 0.29) is 0 Å². The molecule has 0 radical (unpaired) electrons. The average Bonchev–Trinajstić information content (AvgIpc) is 1.53. The Hall–Kier alpha value is -14.4. The van der Waals surface area contributed by atoms with E-state index in [4.69, 9.17) is 0 Å². The van der Waals surface area contributed by atoms with E-state index in [1.807, 2.05) is 0 Å². The normalized spacial score (nSPS) is 12.6. The molecule has 0 saturated carbocycles. The molecule has 0 N–H and O–H groups in total. The largest absolute Gasteiger partial charge is 0.310 e. The van der Waals surface area contributed by atoms with Crippen molar-refractivity contribution in [2.45, 2.75) is 24.7 Å². The van der Waals surface area contributed by atoms with Crippen LogP contribution in [0.15, 0.2) is 449 Å². The molecular formula is C112H80N2. The molecule has 0 fully saturated rings. The van der Waals surface area contributed by atoms with Gasteiger partial charge in [-0.05, 0) is 231 Å². The van der Waals surface area contributed by atoms with Crippen molar-refractivity contribution in [2.75, 3.05) is 9.80 Å². The molecule has 114 heavy (non-hydrogen) atoms. The van der Waals surface area contributed by atoms with Crippen molar-refractivity contribution in [3.05, 3.63) is 505 Å². The van der Waals surface area contributed by atoms with Crippen LogP contribution in [0.5, 0.6) is 0 Å². The maximum Gasteiger partial charge on any atom is 0.0713 e. The van der Waals surface area contributed by atoms with Gasteiger partial charge in [-0.1, -0.05) is 376 Å². The summed E-state index contributed by atoms with van der Waals surface area (Å²) in [6.07, 6.45) is 0. The summed E-state index contributed by atoms with van der Waals surface area (Å²) in [6, 6.07) is 166. The lowest BCUT2D eigenvalue weighted by atomic mass is 9.67. The van der Waals surface area contributed by atoms with Crippen molar-refractivity contribution in [1.29, 1.82) is 0 Å². The van der Waals surface area contributed by atoms with Crippen LogP contribution in [-0.4, -0.2) is 0 Å². The minimum Gasteiger partial charge on any atom is -0.310 e. The van der Waals surface area contributed by atoms with E-state index in [1.54, 1.807) is 0 Å². The van der Waals surface area contributed by atoms with Gasteiger partial charge in [0, 0.05) is 33.9 Å². The maximum absolute atomic E-state index is 2.47. The molecule has 0 aliphatic heterocycles. The smallest absolute Gasteiger partial charge is 0.0713 e. The Morgan fingerprint density at radius 3 is 0.737 bits per heavy atom. The Balaban J connectivity index is 0.679. The Labute approximate surface area is 668 Å². The monoisotopic (exact) mass is 1450 g/mol. The predicted octanol–water partition coefficient (Wildman–Crippen LogP) is 29.6. The molecule has 2 aliphatic rings. The van der Waals surface area contributed by atoms with Crippen molar-refractivity contribution < 1.29 is 0 Å². The van der Waals surface area contributed by atoms with E-state index in [0.29, 0.717) is 0 Å². The fourth-order valence-electron chi connectivity index (χ4n) is 18.6.